The average molecular weight is 561 g/mol. The van der Waals surface area contributed by atoms with Gasteiger partial charge in [0, 0.05) is 11.5 Å². The Hall–Kier alpha value is -2.98. The Morgan fingerprint density at radius 1 is 1.10 bits per heavy atom. The molecule has 10 nitrogen and oxygen atoms in total. The standard InChI is InChI=1S/C30H40O10/c1-15(2)20-6-5-17-12-38-28(35)24(17)22(20)9-18(11-31)27(34)40-14-30(37)8-7-21(16(3)4)23-10-19(26(32)33)13-39-29(36)25(23)30/h9-10,15-16,20-23,25,31,37H,5-8,11-14H2,1-4H3,(H,32,33)/t20-,21-,22-,23-,25-,30-/m1/s1. The smallest absolute Gasteiger partial charge is 0.336 e. The van der Waals surface area contributed by atoms with Gasteiger partial charge in [-0.3, -0.25) is 4.79 Å². The van der Waals surface area contributed by atoms with Crippen molar-refractivity contribution in [2.24, 2.45) is 41.4 Å². The minimum atomic E-state index is -1.79. The number of carbonyl (C=O) groups excluding carboxylic acids is 3. The number of hydrogen-bond donors (Lipinski definition) is 3. The number of cyclic esters (lactones) is 2. The largest absolute Gasteiger partial charge is 0.478 e. The lowest BCUT2D eigenvalue weighted by Crippen LogP contribution is -2.55. The molecule has 1 saturated carbocycles. The average Bonchev–Trinajstić information content (AvgIpc) is 3.18. The molecule has 1 fully saturated rings. The maximum Gasteiger partial charge on any atom is 0.336 e. The quantitative estimate of drug-likeness (QED) is 0.229. The van der Waals surface area contributed by atoms with Gasteiger partial charge >= 0.3 is 23.9 Å². The van der Waals surface area contributed by atoms with Gasteiger partial charge in [-0.15, -0.1) is 0 Å². The molecule has 0 unspecified atom stereocenters. The van der Waals surface area contributed by atoms with Gasteiger partial charge in [0.15, 0.2) is 0 Å². The van der Waals surface area contributed by atoms with Crippen molar-refractivity contribution < 1.29 is 48.7 Å². The Balaban J connectivity index is 1.58. The summed E-state index contributed by atoms with van der Waals surface area (Å²) in [4.78, 5) is 50.5. The molecular weight excluding hydrogens is 520 g/mol. The molecule has 10 heteroatoms. The van der Waals surface area contributed by atoms with Crippen molar-refractivity contribution in [2.75, 3.05) is 26.4 Å². The zero-order valence-electron chi connectivity index (χ0n) is 23.6. The first-order chi connectivity index (χ1) is 18.9. The predicted molar refractivity (Wildman–Crippen MR) is 141 cm³/mol. The molecule has 0 amide bonds. The van der Waals surface area contributed by atoms with Crippen molar-refractivity contribution in [1.82, 2.24) is 0 Å². The van der Waals surface area contributed by atoms with Crippen LogP contribution in [0.15, 0.2) is 34.4 Å². The summed E-state index contributed by atoms with van der Waals surface area (Å²) in [6.45, 7) is 6.71. The number of fused-ring (bicyclic) bond motifs is 1. The molecular formula is C30H40O10. The number of carboxylic acid groups (broad SMARTS) is 1. The highest BCUT2D eigenvalue weighted by molar-refractivity contribution is 5.94. The Morgan fingerprint density at radius 3 is 2.42 bits per heavy atom. The number of ether oxygens (including phenoxy) is 3. The Morgan fingerprint density at radius 2 is 1.80 bits per heavy atom. The van der Waals surface area contributed by atoms with E-state index in [9.17, 15) is 34.5 Å². The number of esters is 3. The molecule has 2 aliphatic carbocycles. The van der Waals surface area contributed by atoms with Crippen molar-refractivity contribution in [3.05, 3.63) is 34.4 Å². The van der Waals surface area contributed by atoms with E-state index in [2.05, 4.69) is 0 Å². The molecule has 2 heterocycles. The van der Waals surface area contributed by atoms with Crippen molar-refractivity contribution in [1.29, 1.82) is 0 Å². The van der Waals surface area contributed by atoms with E-state index in [4.69, 9.17) is 14.2 Å². The molecule has 0 bridgehead atoms. The van der Waals surface area contributed by atoms with E-state index >= 15 is 0 Å². The second kappa shape index (κ2) is 11.9. The first-order valence-electron chi connectivity index (χ1n) is 14.1. The third kappa shape index (κ3) is 5.74. The maximum atomic E-state index is 13.2. The Bertz CT molecular complexity index is 1150. The van der Waals surface area contributed by atoms with Crippen LogP contribution >= 0.6 is 0 Å². The van der Waals surface area contributed by atoms with Crippen LogP contribution in [-0.4, -0.2) is 71.2 Å². The third-order valence-corrected chi connectivity index (χ3v) is 9.19. The lowest BCUT2D eigenvalue weighted by atomic mass is 9.61. The first kappa shape index (κ1) is 30.0. The van der Waals surface area contributed by atoms with E-state index in [0.717, 1.165) is 18.4 Å². The van der Waals surface area contributed by atoms with Gasteiger partial charge in [0.05, 0.1) is 23.7 Å². The number of aliphatic hydroxyl groups excluding tert-OH is 1. The number of carboxylic acids is 1. The van der Waals surface area contributed by atoms with Gasteiger partial charge in [0.1, 0.15) is 25.4 Å². The molecule has 6 atom stereocenters. The summed E-state index contributed by atoms with van der Waals surface area (Å²) in [5, 5.41) is 31.3. The summed E-state index contributed by atoms with van der Waals surface area (Å²) in [6.07, 6.45) is 5.29. The van der Waals surface area contributed by atoms with E-state index in [1.54, 1.807) is 6.08 Å². The predicted octanol–water partition coefficient (Wildman–Crippen LogP) is 2.58. The number of rotatable bonds is 8. The fourth-order valence-electron chi connectivity index (χ4n) is 6.96. The molecule has 4 aliphatic rings. The molecule has 40 heavy (non-hydrogen) atoms. The molecule has 2 aliphatic heterocycles. The van der Waals surface area contributed by atoms with Crippen molar-refractivity contribution in [3.63, 3.8) is 0 Å². The molecule has 0 spiro atoms. The van der Waals surface area contributed by atoms with Crippen LogP contribution in [0.4, 0.5) is 0 Å². The lowest BCUT2D eigenvalue weighted by Gasteiger charge is -2.46. The van der Waals surface area contributed by atoms with Crippen LogP contribution in [0.2, 0.25) is 0 Å². The first-order valence-corrected chi connectivity index (χ1v) is 14.1. The van der Waals surface area contributed by atoms with Gasteiger partial charge < -0.3 is 29.5 Å². The van der Waals surface area contributed by atoms with Gasteiger partial charge in [-0.1, -0.05) is 39.8 Å². The molecule has 220 valence electrons. The maximum absolute atomic E-state index is 13.2. The zero-order valence-corrected chi connectivity index (χ0v) is 23.6. The number of carbonyl (C=O) groups is 4. The lowest BCUT2D eigenvalue weighted by molar-refractivity contribution is -0.181. The Labute approximate surface area is 234 Å². The van der Waals surface area contributed by atoms with Crippen LogP contribution in [0.25, 0.3) is 0 Å². The van der Waals surface area contributed by atoms with Crippen molar-refractivity contribution in [2.45, 2.75) is 59.0 Å². The highest BCUT2D eigenvalue weighted by Gasteiger charge is 2.54. The van der Waals surface area contributed by atoms with Gasteiger partial charge in [-0.2, -0.15) is 0 Å². The SMILES string of the molecule is CC(C)[C@H]1CC[C@@](O)(COC(=O)C(=C[C@H]2C3=C(CC[C@@H]2C(C)C)COC3=O)CO)[C@H]2C(=O)OCC(C(=O)O)=C[C@H]12. The minimum absolute atomic E-state index is 0.0448. The molecule has 0 saturated heterocycles. The molecule has 3 N–H and O–H groups in total. The van der Waals surface area contributed by atoms with Crippen LogP contribution in [0.1, 0.15) is 53.4 Å². The molecule has 0 aromatic carbocycles. The van der Waals surface area contributed by atoms with E-state index < -0.39 is 67.1 Å². The second-order valence-electron chi connectivity index (χ2n) is 12.2. The molecule has 4 rings (SSSR count). The van der Waals surface area contributed by atoms with Crippen LogP contribution in [-0.2, 0) is 33.4 Å². The summed E-state index contributed by atoms with van der Waals surface area (Å²) >= 11 is 0. The molecule has 0 aromatic heterocycles. The van der Waals surface area contributed by atoms with E-state index in [-0.39, 0.29) is 47.8 Å². The van der Waals surface area contributed by atoms with Crippen LogP contribution in [0, 0.1) is 41.4 Å². The monoisotopic (exact) mass is 560 g/mol. The fourth-order valence-corrected chi connectivity index (χ4v) is 6.96. The summed E-state index contributed by atoms with van der Waals surface area (Å²) in [5.41, 5.74) is -0.429. The number of aliphatic hydroxyl groups is 2. The molecule has 0 aromatic rings. The van der Waals surface area contributed by atoms with Crippen LogP contribution < -0.4 is 0 Å². The van der Waals surface area contributed by atoms with Gasteiger partial charge in [0.25, 0.3) is 0 Å². The van der Waals surface area contributed by atoms with Crippen LogP contribution in [0.3, 0.4) is 0 Å². The summed E-state index contributed by atoms with van der Waals surface area (Å²) in [6, 6.07) is 0. The highest BCUT2D eigenvalue weighted by atomic mass is 16.6. The van der Waals surface area contributed by atoms with E-state index in [1.807, 2.05) is 27.7 Å². The van der Waals surface area contributed by atoms with Crippen molar-refractivity contribution >= 4 is 23.9 Å². The number of allylic oxidation sites excluding steroid dienone is 2. The van der Waals surface area contributed by atoms with E-state index in [0.29, 0.717) is 12.0 Å². The summed E-state index contributed by atoms with van der Waals surface area (Å²) < 4.78 is 16.0. The topological polar surface area (TPSA) is 157 Å². The van der Waals surface area contributed by atoms with Gasteiger partial charge in [0.2, 0.25) is 0 Å². The number of aliphatic carboxylic acids is 1. The van der Waals surface area contributed by atoms with Crippen molar-refractivity contribution in [3.8, 4) is 0 Å². The molecule has 0 radical (unpaired) electrons. The normalized spacial score (nSPS) is 32.6. The third-order valence-electron chi connectivity index (χ3n) is 9.19. The van der Waals surface area contributed by atoms with Gasteiger partial charge in [-0.05, 0) is 60.8 Å². The summed E-state index contributed by atoms with van der Waals surface area (Å²) in [5.74, 6) is -5.05. The van der Waals surface area contributed by atoms with Gasteiger partial charge in [-0.25, -0.2) is 14.4 Å². The second-order valence-corrected chi connectivity index (χ2v) is 12.2. The summed E-state index contributed by atoms with van der Waals surface area (Å²) in [7, 11) is 0. The van der Waals surface area contributed by atoms with Crippen LogP contribution in [0.5, 0.6) is 0 Å². The van der Waals surface area contributed by atoms with E-state index in [1.165, 1.54) is 6.08 Å². The highest BCUT2D eigenvalue weighted by Crippen LogP contribution is 2.48. The minimum Gasteiger partial charge on any atom is -0.478 e. The zero-order chi connectivity index (χ0) is 29.4. The fraction of sp³-hybridized carbons (Fsp3) is 0.667. The Kier molecular flexibility index (Phi) is 8.89. The number of hydrogen-bond acceptors (Lipinski definition) is 9.